The molecule has 0 amide bonds. The molecule has 4 aliphatic carbocycles. The Balaban J connectivity index is 1.55. The third kappa shape index (κ3) is 2.99. The van der Waals surface area contributed by atoms with Gasteiger partial charge in [0.1, 0.15) is 0 Å². The maximum absolute atomic E-state index is 12.2. The summed E-state index contributed by atoms with van der Waals surface area (Å²) < 4.78 is 0. The third-order valence-corrected chi connectivity index (χ3v) is 9.99. The van der Waals surface area contributed by atoms with Gasteiger partial charge in [-0.3, -0.25) is 0 Å². The molecule has 0 saturated heterocycles. The average molecular weight is 395 g/mol. The van der Waals surface area contributed by atoms with E-state index < -0.39 is 5.60 Å². The van der Waals surface area contributed by atoms with Crippen molar-refractivity contribution in [2.75, 3.05) is 13.2 Å². The fourth-order valence-corrected chi connectivity index (χ4v) is 8.38. The third-order valence-electron chi connectivity index (χ3n) is 9.99. The fourth-order valence-electron chi connectivity index (χ4n) is 8.38. The molecule has 5 nitrogen and oxygen atoms in total. The Bertz CT molecular complexity index is 574. The van der Waals surface area contributed by atoms with Gasteiger partial charge in [0, 0.05) is 18.0 Å². The van der Waals surface area contributed by atoms with Crippen LogP contribution in [0.5, 0.6) is 0 Å². The first-order valence-corrected chi connectivity index (χ1v) is 11.7. The zero-order valence-corrected chi connectivity index (χ0v) is 18.1. The van der Waals surface area contributed by atoms with Crippen LogP contribution in [0.2, 0.25) is 0 Å². The molecular weight excluding hydrogens is 352 g/mol. The Morgan fingerprint density at radius 2 is 1.86 bits per heavy atom. The Morgan fingerprint density at radius 1 is 1.07 bits per heavy atom. The van der Waals surface area contributed by atoms with Gasteiger partial charge in [-0.15, -0.1) is 0 Å². The van der Waals surface area contributed by atoms with Gasteiger partial charge in [-0.2, -0.15) is 5.48 Å². The normalized spacial score (nSPS) is 51.9. The molecule has 9 atom stereocenters. The molecule has 162 valence electrons. The molecule has 0 aromatic rings. The van der Waals surface area contributed by atoms with Crippen LogP contribution in [0.25, 0.3) is 0 Å². The number of rotatable bonds is 5. The predicted molar refractivity (Wildman–Crippen MR) is 110 cm³/mol. The minimum atomic E-state index is -0.561. The molecule has 0 bridgehead atoms. The lowest BCUT2D eigenvalue weighted by Crippen LogP contribution is -2.63. The van der Waals surface area contributed by atoms with Crippen LogP contribution in [-0.4, -0.2) is 41.1 Å². The quantitative estimate of drug-likeness (QED) is 0.425. The van der Waals surface area contributed by atoms with Crippen molar-refractivity contribution in [1.82, 2.24) is 5.48 Å². The Kier molecular flexibility index (Phi) is 5.63. The maximum Gasteiger partial charge on any atom is 0.0804 e. The molecule has 4 rings (SSSR count). The lowest BCUT2D eigenvalue weighted by atomic mass is 9.43. The second kappa shape index (κ2) is 7.49. The summed E-state index contributed by atoms with van der Waals surface area (Å²) in [5, 5.41) is 22.4. The van der Waals surface area contributed by atoms with E-state index in [2.05, 4.69) is 26.3 Å². The van der Waals surface area contributed by atoms with E-state index in [9.17, 15) is 10.2 Å². The highest BCUT2D eigenvalue weighted by Crippen LogP contribution is 2.69. The van der Waals surface area contributed by atoms with Crippen LogP contribution in [0.3, 0.4) is 0 Å². The molecule has 3 unspecified atom stereocenters. The molecule has 0 radical (unpaired) electrons. The molecule has 0 aromatic carbocycles. The number of nitrogens with one attached hydrogen (secondary N) is 1. The number of hydrogen-bond donors (Lipinski definition) is 4. The molecule has 4 saturated carbocycles. The van der Waals surface area contributed by atoms with E-state index in [1.807, 2.05) is 0 Å². The highest BCUT2D eigenvalue weighted by Gasteiger charge is 2.67. The number of aliphatic hydroxyl groups is 2. The predicted octanol–water partition coefficient (Wildman–Crippen LogP) is 2.99. The highest BCUT2D eigenvalue weighted by atomic mass is 16.6. The van der Waals surface area contributed by atoms with Gasteiger partial charge in [-0.05, 0) is 93.8 Å². The van der Waals surface area contributed by atoms with Crippen molar-refractivity contribution in [2.24, 2.45) is 40.2 Å². The molecule has 0 spiro atoms. The second-order valence-electron chi connectivity index (χ2n) is 11.0. The number of fused-ring (bicyclic) bond motifs is 5. The molecule has 5 heteroatoms. The summed E-state index contributed by atoms with van der Waals surface area (Å²) >= 11 is 0. The van der Waals surface area contributed by atoms with Crippen molar-refractivity contribution < 1.29 is 15.1 Å². The van der Waals surface area contributed by atoms with Gasteiger partial charge in [-0.1, -0.05) is 13.8 Å². The number of hydroxylamine groups is 1. The summed E-state index contributed by atoms with van der Waals surface area (Å²) in [7, 11) is 0. The fraction of sp³-hybridized carbons (Fsp3) is 1.00. The van der Waals surface area contributed by atoms with Crippen molar-refractivity contribution in [3.05, 3.63) is 0 Å². The van der Waals surface area contributed by atoms with Crippen molar-refractivity contribution in [3.63, 3.8) is 0 Å². The van der Waals surface area contributed by atoms with Crippen LogP contribution in [0.15, 0.2) is 0 Å². The van der Waals surface area contributed by atoms with Crippen molar-refractivity contribution in [1.29, 1.82) is 0 Å². The van der Waals surface area contributed by atoms with Gasteiger partial charge in [-0.25, -0.2) is 0 Å². The SMILES string of the molecule is CC(NOCCN)[C@H]1CC[C@@]2(O)[C@@H]3CCC4CC(O)CC[C@]4(C)[C@H]3CC[C@]12C. The van der Waals surface area contributed by atoms with Gasteiger partial charge in [0.2, 0.25) is 0 Å². The standard InChI is InChI=1S/C23H42N2O3/c1-15(25-28-13-12-24)18-8-11-23(27)20-5-4-16-14-17(26)6-9-21(16,2)19(20)7-10-22(18,23)3/h15-20,25-27H,4-14,24H2,1-3H3/t15?,16?,17?,18-,19+,20-,21+,22-,23-/m1/s1. The highest BCUT2D eigenvalue weighted by molar-refractivity contribution is 5.17. The van der Waals surface area contributed by atoms with E-state index in [4.69, 9.17) is 10.6 Å². The van der Waals surface area contributed by atoms with Crippen molar-refractivity contribution >= 4 is 0 Å². The van der Waals surface area contributed by atoms with E-state index in [0.717, 1.165) is 44.9 Å². The first-order valence-electron chi connectivity index (χ1n) is 11.7. The summed E-state index contributed by atoms with van der Waals surface area (Å²) in [4.78, 5) is 5.54. The number of hydrogen-bond acceptors (Lipinski definition) is 5. The summed E-state index contributed by atoms with van der Waals surface area (Å²) in [6.07, 6.45) is 9.53. The van der Waals surface area contributed by atoms with Crippen LogP contribution < -0.4 is 11.2 Å². The summed E-state index contributed by atoms with van der Waals surface area (Å²) in [6.45, 7) is 8.06. The molecular formula is C23H42N2O3. The van der Waals surface area contributed by atoms with E-state index >= 15 is 0 Å². The topological polar surface area (TPSA) is 87.7 Å². The Labute approximate surface area is 170 Å². The van der Waals surface area contributed by atoms with Gasteiger partial charge in [0.15, 0.2) is 0 Å². The Hall–Kier alpha value is -0.200. The van der Waals surface area contributed by atoms with E-state index in [1.165, 1.54) is 12.8 Å². The molecule has 0 aliphatic heterocycles. The minimum absolute atomic E-state index is 0.0516. The van der Waals surface area contributed by atoms with E-state index in [1.54, 1.807) is 0 Å². The van der Waals surface area contributed by atoms with Gasteiger partial charge >= 0.3 is 0 Å². The van der Waals surface area contributed by atoms with E-state index in [-0.39, 0.29) is 17.6 Å². The summed E-state index contributed by atoms with van der Waals surface area (Å²) in [6, 6.07) is 0.221. The van der Waals surface area contributed by atoms with Gasteiger partial charge in [0.05, 0.1) is 18.3 Å². The second-order valence-corrected chi connectivity index (χ2v) is 11.0. The van der Waals surface area contributed by atoms with Crippen LogP contribution in [-0.2, 0) is 4.84 Å². The molecule has 0 aromatic heterocycles. The smallest absolute Gasteiger partial charge is 0.0804 e. The monoisotopic (exact) mass is 394 g/mol. The van der Waals surface area contributed by atoms with Crippen molar-refractivity contribution in [3.8, 4) is 0 Å². The maximum atomic E-state index is 12.2. The molecule has 5 N–H and O–H groups in total. The van der Waals surface area contributed by atoms with Crippen molar-refractivity contribution in [2.45, 2.75) is 96.3 Å². The zero-order valence-electron chi connectivity index (χ0n) is 18.1. The number of aliphatic hydroxyl groups excluding tert-OH is 1. The summed E-state index contributed by atoms with van der Waals surface area (Å²) in [5.74, 6) is 2.07. The van der Waals surface area contributed by atoms with Crippen LogP contribution in [0.4, 0.5) is 0 Å². The molecule has 28 heavy (non-hydrogen) atoms. The lowest BCUT2D eigenvalue weighted by molar-refractivity contribution is -0.213. The zero-order chi connectivity index (χ0) is 20.2. The summed E-state index contributed by atoms with van der Waals surface area (Å²) in [5.41, 5.74) is 8.44. The first kappa shape index (κ1) is 21.0. The first-order chi connectivity index (χ1) is 13.3. The average Bonchev–Trinajstić information content (AvgIpc) is 2.94. The van der Waals surface area contributed by atoms with Gasteiger partial charge in [0.25, 0.3) is 0 Å². The number of nitrogens with two attached hydrogens (primary N) is 1. The van der Waals surface area contributed by atoms with Crippen LogP contribution in [0, 0.1) is 34.5 Å². The van der Waals surface area contributed by atoms with Crippen LogP contribution in [0.1, 0.15) is 78.6 Å². The molecule has 0 heterocycles. The van der Waals surface area contributed by atoms with Gasteiger partial charge < -0.3 is 20.8 Å². The molecule has 4 aliphatic rings. The van der Waals surface area contributed by atoms with Crippen LogP contribution >= 0.6 is 0 Å². The Morgan fingerprint density at radius 3 is 2.61 bits per heavy atom. The largest absolute Gasteiger partial charge is 0.393 e. The molecule has 4 fully saturated rings. The minimum Gasteiger partial charge on any atom is -0.393 e. The van der Waals surface area contributed by atoms with E-state index in [0.29, 0.717) is 42.2 Å². The lowest BCUT2D eigenvalue weighted by Gasteiger charge is -2.63.